The van der Waals surface area contributed by atoms with Crippen LogP contribution >= 0.6 is 0 Å². The monoisotopic (exact) mass is 385 g/mol. The van der Waals surface area contributed by atoms with E-state index in [-0.39, 0.29) is 11.9 Å². The lowest BCUT2D eigenvalue weighted by molar-refractivity contribution is 0.0624. The summed E-state index contributed by atoms with van der Waals surface area (Å²) in [6, 6.07) is 11.0. The fraction of sp³-hybridized carbons (Fsp3) is 0.429. The van der Waals surface area contributed by atoms with Gasteiger partial charge in [-0.2, -0.15) is 0 Å². The van der Waals surface area contributed by atoms with Gasteiger partial charge < -0.3 is 24.3 Å². The van der Waals surface area contributed by atoms with Crippen molar-refractivity contribution in [2.75, 3.05) is 26.2 Å². The molecule has 150 valence electrons. The van der Waals surface area contributed by atoms with Crippen molar-refractivity contribution in [3.05, 3.63) is 54.0 Å². The van der Waals surface area contributed by atoms with Crippen molar-refractivity contribution < 1.29 is 18.7 Å². The molecule has 7 nitrogen and oxygen atoms in total. The third kappa shape index (κ3) is 4.85. The van der Waals surface area contributed by atoms with E-state index in [9.17, 15) is 9.59 Å². The maximum absolute atomic E-state index is 12.5. The minimum Gasteiger partial charge on any atom is -0.471 e. The van der Waals surface area contributed by atoms with Crippen LogP contribution in [-0.2, 0) is 0 Å². The summed E-state index contributed by atoms with van der Waals surface area (Å²) < 4.78 is 10.9. The topological polar surface area (TPSA) is 75.0 Å². The summed E-state index contributed by atoms with van der Waals surface area (Å²) in [6.07, 6.45) is 1.02. The molecule has 1 unspecified atom stereocenters. The van der Waals surface area contributed by atoms with Crippen molar-refractivity contribution in [2.24, 2.45) is 0 Å². The second kappa shape index (κ2) is 8.82. The number of urea groups is 1. The van der Waals surface area contributed by atoms with E-state index in [2.05, 4.69) is 19.2 Å². The van der Waals surface area contributed by atoms with Gasteiger partial charge in [-0.05, 0) is 42.7 Å². The number of piperazine rings is 1. The summed E-state index contributed by atoms with van der Waals surface area (Å²) in [5, 5.41) is 2.85. The second-order valence-electron chi connectivity index (χ2n) is 7.19. The first-order valence-corrected chi connectivity index (χ1v) is 9.59. The largest absolute Gasteiger partial charge is 0.471 e. The van der Waals surface area contributed by atoms with Crippen LogP contribution in [0.15, 0.2) is 47.1 Å². The minimum absolute atomic E-state index is 0.147. The number of nitrogens with one attached hydrogen (secondary N) is 1. The van der Waals surface area contributed by atoms with Crippen molar-refractivity contribution in [2.45, 2.75) is 32.9 Å². The molecule has 3 amide bonds. The second-order valence-corrected chi connectivity index (χ2v) is 7.19. The summed E-state index contributed by atoms with van der Waals surface area (Å²) >= 11 is 0. The van der Waals surface area contributed by atoms with Crippen LogP contribution in [-0.4, -0.2) is 54.1 Å². The SMILES string of the molecule is CC(NC(=O)N1CCN(C(=O)c2ccco2)CC1)Oc1ccc(C(C)C)cc1. The normalized spacial score (nSPS) is 15.4. The number of benzene rings is 1. The molecular weight excluding hydrogens is 358 g/mol. The zero-order chi connectivity index (χ0) is 20.1. The molecule has 1 aliphatic heterocycles. The van der Waals surface area contributed by atoms with Gasteiger partial charge in [-0.25, -0.2) is 4.79 Å². The number of carbonyl (C=O) groups excluding carboxylic acids is 2. The quantitative estimate of drug-likeness (QED) is 0.802. The zero-order valence-electron chi connectivity index (χ0n) is 16.6. The summed E-state index contributed by atoms with van der Waals surface area (Å²) in [5.41, 5.74) is 1.24. The van der Waals surface area contributed by atoms with Crippen LogP contribution in [0.2, 0.25) is 0 Å². The predicted molar refractivity (Wildman–Crippen MR) is 105 cm³/mol. The van der Waals surface area contributed by atoms with E-state index in [4.69, 9.17) is 9.15 Å². The molecule has 1 aromatic carbocycles. The van der Waals surface area contributed by atoms with Crippen LogP contribution in [0.4, 0.5) is 4.79 Å². The molecule has 2 heterocycles. The number of amides is 3. The van der Waals surface area contributed by atoms with Crippen LogP contribution in [0, 0.1) is 0 Å². The van der Waals surface area contributed by atoms with E-state index in [1.54, 1.807) is 28.9 Å². The first-order chi connectivity index (χ1) is 13.4. The standard InChI is InChI=1S/C21H27N3O4/c1-15(2)17-6-8-18(9-7-17)28-16(3)22-21(26)24-12-10-23(11-13-24)20(25)19-5-4-14-27-19/h4-9,14-16H,10-13H2,1-3H3,(H,22,26). The molecule has 0 aliphatic carbocycles. The van der Waals surface area contributed by atoms with Crippen molar-refractivity contribution in [3.63, 3.8) is 0 Å². The Hall–Kier alpha value is -2.96. The lowest BCUT2D eigenvalue weighted by atomic mass is 10.0. The van der Waals surface area contributed by atoms with Crippen LogP contribution < -0.4 is 10.1 Å². The molecule has 1 atom stereocenters. The third-order valence-corrected chi connectivity index (χ3v) is 4.77. The number of rotatable bonds is 5. The molecule has 1 saturated heterocycles. The number of carbonyl (C=O) groups is 2. The highest BCUT2D eigenvalue weighted by molar-refractivity contribution is 5.91. The van der Waals surface area contributed by atoms with Crippen molar-refractivity contribution in [1.82, 2.24) is 15.1 Å². The summed E-state index contributed by atoms with van der Waals surface area (Å²) in [5.74, 6) is 1.35. The average molecular weight is 385 g/mol. The van der Waals surface area contributed by atoms with E-state index >= 15 is 0 Å². The first-order valence-electron chi connectivity index (χ1n) is 9.59. The van der Waals surface area contributed by atoms with Crippen LogP contribution in [0.3, 0.4) is 0 Å². The Morgan fingerprint density at radius 3 is 2.21 bits per heavy atom. The van der Waals surface area contributed by atoms with Crippen LogP contribution in [0.1, 0.15) is 42.8 Å². The van der Waals surface area contributed by atoms with Gasteiger partial charge in [0.05, 0.1) is 6.26 Å². The van der Waals surface area contributed by atoms with E-state index < -0.39 is 6.23 Å². The van der Waals surface area contributed by atoms with E-state index in [0.29, 0.717) is 43.6 Å². The van der Waals surface area contributed by atoms with Crippen LogP contribution in [0.5, 0.6) is 5.75 Å². The van der Waals surface area contributed by atoms with E-state index in [0.717, 1.165) is 0 Å². The summed E-state index contributed by atoms with van der Waals surface area (Å²) in [4.78, 5) is 28.1. The molecule has 3 rings (SSSR count). The Morgan fingerprint density at radius 1 is 1.00 bits per heavy atom. The summed E-state index contributed by atoms with van der Waals surface area (Å²) in [7, 11) is 0. The highest BCUT2D eigenvalue weighted by Gasteiger charge is 2.26. The van der Waals surface area contributed by atoms with Gasteiger partial charge in [-0.3, -0.25) is 4.79 Å². The van der Waals surface area contributed by atoms with Gasteiger partial charge >= 0.3 is 6.03 Å². The van der Waals surface area contributed by atoms with Crippen molar-refractivity contribution in [3.8, 4) is 5.75 Å². The molecule has 7 heteroatoms. The van der Waals surface area contributed by atoms with Gasteiger partial charge in [-0.1, -0.05) is 26.0 Å². The smallest absolute Gasteiger partial charge is 0.320 e. The maximum atomic E-state index is 12.5. The van der Waals surface area contributed by atoms with E-state index in [1.807, 2.05) is 24.3 Å². The van der Waals surface area contributed by atoms with Gasteiger partial charge in [0.25, 0.3) is 5.91 Å². The van der Waals surface area contributed by atoms with Gasteiger partial charge in [0.1, 0.15) is 5.75 Å². The fourth-order valence-corrected chi connectivity index (χ4v) is 3.10. The van der Waals surface area contributed by atoms with Crippen LogP contribution in [0.25, 0.3) is 0 Å². The molecule has 1 fully saturated rings. The Balaban J connectivity index is 1.45. The molecule has 1 N–H and O–H groups in total. The molecule has 2 aromatic rings. The molecule has 28 heavy (non-hydrogen) atoms. The highest BCUT2D eigenvalue weighted by Crippen LogP contribution is 2.19. The minimum atomic E-state index is -0.458. The lowest BCUT2D eigenvalue weighted by Crippen LogP contribution is -2.54. The number of furan rings is 1. The van der Waals surface area contributed by atoms with Gasteiger partial charge in [0.2, 0.25) is 0 Å². The Morgan fingerprint density at radius 2 is 1.64 bits per heavy atom. The Labute approximate surface area is 165 Å². The average Bonchev–Trinajstić information content (AvgIpc) is 3.22. The maximum Gasteiger partial charge on any atom is 0.320 e. The van der Waals surface area contributed by atoms with Gasteiger partial charge in [0, 0.05) is 26.2 Å². The third-order valence-electron chi connectivity index (χ3n) is 4.77. The number of hydrogen-bond acceptors (Lipinski definition) is 4. The number of ether oxygens (including phenoxy) is 1. The van der Waals surface area contributed by atoms with Crippen molar-refractivity contribution in [1.29, 1.82) is 0 Å². The lowest BCUT2D eigenvalue weighted by Gasteiger charge is -2.34. The molecule has 1 aromatic heterocycles. The summed E-state index contributed by atoms with van der Waals surface area (Å²) in [6.45, 7) is 7.95. The molecule has 0 radical (unpaired) electrons. The zero-order valence-corrected chi connectivity index (χ0v) is 16.6. The number of nitrogens with zero attached hydrogens (tertiary/aromatic N) is 2. The molecular formula is C21H27N3O4. The van der Waals surface area contributed by atoms with E-state index in [1.165, 1.54) is 11.8 Å². The predicted octanol–water partition coefficient (Wildman–Crippen LogP) is 3.30. The van der Waals surface area contributed by atoms with Crippen molar-refractivity contribution >= 4 is 11.9 Å². The molecule has 0 saturated carbocycles. The Kier molecular flexibility index (Phi) is 6.23. The molecule has 1 aliphatic rings. The number of hydrogen-bond donors (Lipinski definition) is 1. The highest BCUT2D eigenvalue weighted by atomic mass is 16.5. The molecule has 0 bridgehead atoms. The van der Waals surface area contributed by atoms with Gasteiger partial charge in [0.15, 0.2) is 12.0 Å². The Bertz CT molecular complexity index is 778. The fourth-order valence-electron chi connectivity index (χ4n) is 3.10. The van der Waals surface area contributed by atoms with Gasteiger partial charge in [-0.15, -0.1) is 0 Å². The first kappa shape index (κ1) is 19.8. The molecule has 0 spiro atoms.